The summed E-state index contributed by atoms with van der Waals surface area (Å²) in [5.74, 6) is 0.0540. The van der Waals surface area contributed by atoms with E-state index in [0.717, 1.165) is 6.07 Å². The van der Waals surface area contributed by atoms with Crippen LogP contribution in [0.3, 0.4) is 0 Å². The smallest absolute Gasteiger partial charge is 0.306 e. The van der Waals surface area contributed by atoms with Crippen molar-refractivity contribution in [3.05, 3.63) is 57.6 Å². The molecule has 0 radical (unpaired) electrons. The first-order valence-corrected chi connectivity index (χ1v) is 9.98. The standard InChI is InChI=1S/C21H23ClN2O7/c1-3-29-18-7-4-5-8-19(18)30-12-6-9-20(25)31-14(2)21(26)23-17-11-10-15(24(27)28)13-16(17)22/h4-5,7-8,10-11,13-14H,3,6,9,12H2,1-2H3,(H,23,26). The Kier molecular flexibility index (Phi) is 9.08. The highest BCUT2D eigenvalue weighted by atomic mass is 35.5. The zero-order valence-electron chi connectivity index (χ0n) is 17.1. The Morgan fingerprint density at radius 2 is 1.84 bits per heavy atom. The number of carbonyl (C=O) groups excluding carboxylic acids is 2. The summed E-state index contributed by atoms with van der Waals surface area (Å²) in [6.45, 7) is 4.08. The van der Waals surface area contributed by atoms with E-state index in [9.17, 15) is 19.7 Å². The first-order chi connectivity index (χ1) is 14.8. The van der Waals surface area contributed by atoms with Crippen molar-refractivity contribution in [2.75, 3.05) is 18.5 Å². The van der Waals surface area contributed by atoms with E-state index in [1.165, 1.54) is 19.1 Å². The molecule has 0 spiro atoms. The van der Waals surface area contributed by atoms with Gasteiger partial charge in [0.1, 0.15) is 0 Å². The molecule has 1 N–H and O–H groups in total. The van der Waals surface area contributed by atoms with E-state index in [4.69, 9.17) is 25.8 Å². The summed E-state index contributed by atoms with van der Waals surface area (Å²) < 4.78 is 16.2. The van der Waals surface area contributed by atoms with Gasteiger partial charge < -0.3 is 19.5 Å². The van der Waals surface area contributed by atoms with E-state index in [1.54, 1.807) is 12.1 Å². The Labute approximate surface area is 184 Å². The number of amides is 1. The van der Waals surface area contributed by atoms with Crippen LogP contribution in [0.2, 0.25) is 5.02 Å². The summed E-state index contributed by atoms with van der Waals surface area (Å²) in [5, 5.41) is 13.2. The minimum atomic E-state index is -1.07. The van der Waals surface area contributed by atoms with Crippen LogP contribution in [-0.4, -0.2) is 36.1 Å². The van der Waals surface area contributed by atoms with Crippen LogP contribution < -0.4 is 14.8 Å². The third-order valence-corrected chi connectivity index (χ3v) is 4.34. The summed E-state index contributed by atoms with van der Waals surface area (Å²) in [6, 6.07) is 10.9. The Balaban J connectivity index is 1.76. The zero-order valence-corrected chi connectivity index (χ0v) is 17.9. The Morgan fingerprint density at radius 3 is 2.45 bits per heavy atom. The largest absolute Gasteiger partial charge is 0.490 e. The summed E-state index contributed by atoms with van der Waals surface area (Å²) in [4.78, 5) is 34.3. The van der Waals surface area contributed by atoms with E-state index in [0.29, 0.717) is 24.5 Å². The molecule has 2 rings (SSSR count). The second-order valence-corrected chi connectivity index (χ2v) is 6.78. The first kappa shape index (κ1) is 23.9. The third-order valence-electron chi connectivity index (χ3n) is 4.03. The van der Waals surface area contributed by atoms with Gasteiger partial charge in [-0.3, -0.25) is 19.7 Å². The number of nitrogens with zero attached hydrogens (tertiary/aromatic N) is 1. The zero-order chi connectivity index (χ0) is 22.8. The van der Waals surface area contributed by atoms with Gasteiger partial charge in [-0.05, 0) is 38.5 Å². The topological polar surface area (TPSA) is 117 Å². The molecule has 0 fully saturated rings. The fraction of sp³-hybridized carbons (Fsp3) is 0.333. The van der Waals surface area contributed by atoms with Crippen LogP contribution in [0.1, 0.15) is 26.7 Å². The number of nitrogens with one attached hydrogen (secondary N) is 1. The molecular weight excluding hydrogens is 428 g/mol. The number of nitro benzene ring substituents is 1. The number of hydrogen-bond donors (Lipinski definition) is 1. The number of hydrogen-bond acceptors (Lipinski definition) is 7. The van der Waals surface area contributed by atoms with Gasteiger partial charge in [0.05, 0.1) is 28.8 Å². The summed E-state index contributed by atoms with van der Waals surface area (Å²) in [5.41, 5.74) is -0.0184. The van der Waals surface area contributed by atoms with Crippen LogP contribution in [0.15, 0.2) is 42.5 Å². The fourth-order valence-electron chi connectivity index (χ4n) is 2.51. The average molecular weight is 451 g/mol. The number of nitro groups is 1. The van der Waals surface area contributed by atoms with Gasteiger partial charge in [-0.2, -0.15) is 0 Å². The van der Waals surface area contributed by atoms with E-state index >= 15 is 0 Å². The van der Waals surface area contributed by atoms with Gasteiger partial charge in [0.25, 0.3) is 11.6 Å². The van der Waals surface area contributed by atoms with Crippen molar-refractivity contribution in [1.82, 2.24) is 0 Å². The van der Waals surface area contributed by atoms with Gasteiger partial charge in [0.2, 0.25) is 0 Å². The Hall–Kier alpha value is -3.33. The molecule has 0 aliphatic heterocycles. The molecule has 0 saturated heterocycles. The van der Waals surface area contributed by atoms with E-state index < -0.39 is 22.9 Å². The number of non-ortho nitro benzene ring substituents is 1. The number of benzene rings is 2. The maximum Gasteiger partial charge on any atom is 0.306 e. The normalized spacial score (nSPS) is 11.3. The van der Waals surface area contributed by atoms with Crippen molar-refractivity contribution < 1.29 is 28.7 Å². The molecule has 0 saturated carbocycles. The molecule has 166 valence electrons. The molecule has 10 heteroatoms. The van der Waals surface area contributed by atoms with E-state index in [1.807, 2.05) is 19.1 Å². The average Bonchev–Trinajstić information content (AvgIpc) is 2.73. The number of halogens is 1. The minimum Gasteiger partial charge on any atom is -0.490 e. The molecule has 0 aliphatic carbocycles. The SMILES string of the molecule is CCOc1ccccc1OCCCC(=O)OC(C)C(=O)Nc1ccc([N+](=O)[O-])cc1Cl. The summed E-state index contributed by atoms with van der Waals surface area (Å²) in [7, 11) is 0. The molecule has 0 aromatic heterocycles. The number of rotatable bonds is 11. The van der Waals surface area contributed by atoms with Crippen molar-refractivity contribution in [3.63, 3.8) is 0 Å². The lowest BCUT2D eigenvalue weighted by atomic mass is 10.2. The molecule has 31 heavy (non-hydrogen) atoms. The molecule has 2 aromatic carbocycles. The first-order valence-electron chi connectivity index (χ1n) is 9.60. The van der Waals surface area contributed by atoms with Crippen LogP contribution in [0, 0.1) is 10.1 Å². The lowest BCUT2D eigenvalue weighted by Gasteiger charge is -2.14. The van der Waals surface area contributed by atoms with Crippen molar-refractivity contribution >= 4 is 34.9 Å². The lowest BCUT2D eigenvalue weighted by Crippen LogP contribution is -2.30. The molecule has 1 unspecified atom stereocenters. The highest BCUT2D eigenvalue weighted by Gasteiger charge is 2.19. The highest BCUT2D eigenvalue weighted by molar-refractivity contribution is 6.34. The van der Waals surface area contributed by atoms with Crippen LogP contribution in [-0.2, 0) is 14.3 Å². The second-order valence-electron chi connectivity index (χ2n) is 6.37. The highest BCUT2D eigenvalue weighted by Crippen LogP contribution is 2.27. The van der Waals surface area contributed by atoms with Gasteiger partial charge in [0, 0.05) is 18.6 Å². The molecule has 1 amide bonds. The molecule has 2 aromatic rings. The van der Waals surface area contributed by atoms with E-state index in [-0.39, 0.29) is 29.4 Å². The lowest BCUT2D eigenvalue weighted by molar-refractivity contribution is -0.384. The van der Waals surface area contributed by atoms with Gasteiger partial charge in [-0.15, -0.1) is 0 Å². The molecule has 0 heterocycles. The third kappa shape index (κ3) is 7.45. The predicted octanol–water partition coefficient (Wildman–Crippen LogP) is 4.38. The molecule has 9 nitrogen and oxygen atoms in total. The van der Waals surface area contributed by atoms with Crippen molar-refractivity contribution in [1.29, 1.82) is 0 Å². The number of ether oxygens (including phenoxy) is 3. The van der Waals surface area contributed by atoms with Gasteiger partial charge in [-0.1, -0.05) is 23.7 Å². The quantitative estimate of drug-likeness (QED) is 0.233. The van der Waals surface area contributed by atoms with Crippen LogP contribution in [0.5, 0.6) is 11.5 Å². The summed E-state index contributed by atoms with van der Waals surface area (Å²) in [6.07, 6.45) is -0.618. The minimum absolute atomic E-state index is 0.00515. The number of esters is 1. The van der Waals surface area contributed by atoms with Crippen LogP contribution in [0.4, 0.5) is 11.4 Å². The number of anilines is 1. The summed E-state index contributed by atoms with van der Waals surface area (Å²) >= 11 is 5.94. The van der Waals surface area contributed by atoms with Crippen molar-refractivity contribution in [2.45, 2.75) is 32.8 Å². The number of carbonyl (C=O) groups is 2. The maximum absolute atomic E-state index is 12.2. The van der Waals surface area contributed by atoms with Crippen LogP contribution in [0.25, 0.3) is 0 Å². The predicted molar refractivity (Wildman–Crippen MR) is 115 cm³/mol. The second kappa shape index (κ2) is 11.8. The van der Waals surface area contributed by atoms with Crippen molar-refractivity contribution in [3.8, 4) is 11.5 Å². The molecule has 0 bridgehead atoms. The maximum atomic E-state index is 12.2. The van der Waals surface area contributed by atoms with E-state index in [2.05, 4.69) is 5.32 Å². The molecule has 1 atom stereocenters. The van der Waals surface area contributed by atoms with Crippen LogP contribution >= 0.6 is 11.6 Å². The Bertz CT molecular complexity index is 936. The van der Waals surface area contributed by atoms with Gasteiger partial charge in [-0.25, -0.2) is 0 Å². The fourth-order valence-corrected chi connectivity index (χ4v) is 2.73. The number of para-hydroxylation sites is 2. The Morgan fingerprint density at radius 1 is 1.16 bits per heavy atom. The monoisotopic (exact) mass is 450 g/mol. The van der Waals surface area contributed by atoms with Crippen molar-refractivity contribution in [2.24, 2.45) is 0 Å². The van der Waals surface area contributed by atoms with Gasteiger partial charge in [0.15, 0.2) is 17.6 Å². The van der Waals surface area contributed by atoms with Gasteiger partial charge >= 0.3 is 5.97 Å². The molecule has 0 aliphatic rings. The molecular formula is C21H23ClN2O7.